The van der Waals surface area contributed by atoms with E-state index in [1.165, 1.54) is 11.3 Å². The lowest BCUT2D eigenvalue weighted by Crippen LogP contribution is -2.47. The lowest BCUT2D eigenvalue weighted by molar-refractivity contribution is 0.200. The summed E-state index contributed by atoms with van der Waals surface area (Å²) in [7, 11) is 1.67. The average molecular weight is 326 g/mol. The van der Waals surface area contributed by atoms with Crippen LogP contribution < -0.4 is 14.4 Å². The van der Waals surface area contributed by atoms with Crippen molar-refractivity contribution >= 4 is 5.69 Å². The molecule has 0 saturated carbocycles. The lowest BCUT2D eigenvalue weighted by atomic mass is 10.2. The number of hydrogen-bond donors (Lipinski definition) is 0. The summed E-state index contributed by atoms with van der Waals surface area (Å²) in [6.45, 7) is 8.15. The summed E-state index contributed by atoms with van der Waals surface area (Å²) in [5, 5.41) is 0. The molecule has 1 saturated heterocycles. The molecule has 128 valence electrons. The fourth-order valence-corrected chi connectivity index (χ4v) is 3.02. The topological polar surface area (TPSA) is 24.9 Å². The SMILES string of the molecule is COc1ccc(OCCN2CCN(c3cccc(C)c3)CC2)cc1. The van der Waals surface area contributed by atoms with Crippen LogP contribution in [0.15, 0.2) is 48.5 Å². The molecule has 0 aromatic heterocycles. The van der Waals surface area contributed by atoms with Gasteiger partial charge in [0, 0.05) is 38.4 Å². The fraction of sp³-hybridized carbons (Fsp3) is 0.400. The van der Waals surface area contributed by atoms with Crippen molar-refractivity contribution < 1.29 is 9.47 Å². The van der Waals surface area contributed by atoms with Crippen molar-refractivity contribution in [2.75, 3.05) is 51.3 Å². The standard InChI is InChI=1S/C20H26N2O2/c1-17-4-3-5-18(16-17)22-12-10-21(11-13-22)14-15-24-20-8-6-19(23-2)7-9-20/h3-9,16H,10-15H2,1-2H3. The van der Waals surface area contributed by atoms with Crippen molar-refractivity contribution in [2.24, 2.45) is 0 Å². The molecule has 0 aliphatic carbocycles. The quantitative estimate of drug-likeness (QED) is 0.814. The highest BCUT2D eigenvalue weighted by Crippen LogP contribution is 2.19. The number of aryl methyl sites for hydroxylation is 1. The maximum Gasteiger partial charge on any atom is 0.119 e. The van der Waals surface area contributed by atoms with Crippen LogP contribution in [-0.4, -0.2) is 51.3 Å². The molecule has 2 aromatic carbocycles. The Kier molecular flexibility index (Phi) is 5.59. The zero-order valence-corrected chi connectivity index (χ0v) is 14.6. The fourth-order valence-electron chi connectivity index (χ4n) is 3.02. The van der Waals surface area contributed by atoms with Crippen molar-refractivity contribution in [1.82, 2.24) is 4.90 Å². The number of anilines is 1. The van der Waals surface area contributed by atoms with Crippen molar-refractivity contribution in [3.8, 4) is 11.5 Å². The lowest BCUT2D eigenvalue weighted by Gasteiger charge is -2.36. The second-order valence-corrected chi connectivity index (χ2v) is 6.19. The monoisotopic (exact) mass is 326 g/mol. The van der Waals surface area contributed by atoms with Crippen molar-refractivity contribution in [1.29, 1.82) is 0 Å². The largest absolute Gasteiger partial charge is 0.497 e. The molecule has 1 aliphatic heterocycles. The second-order valence-electron chi connectivity index (χ2n) is 6.19. The molecular formula is C20H26N2O2. The first kappa shape index (κ1) is 16.7. The Hall–Kier alpha value is -2.20. The number of hydrogen-bond acceptors (Lipinski definition) is 4. The molecule has 4 nitrogen and oxygen atoms in total. The van der Waals surface area contributed by atoms with Gasteiger partial charge in [0.2, 0.25) is 0 Å². The van der Waals surface area contributed by atoms with E-state index in [4.69, 9.17) is 9.47 Å². The van der Waals surface area contributed by atoms with Crippen LogP contribution in [0.25, 0.3) is 0 Å². The number of methoxy groups -OCH3 is 1. The van der Waals surface area contributed by atoms with Crippen LogP contribution in [0.3, 0.4) is 0 Å². The molecule has 0 bridgehead atoms. The number of piperazine rings is 1. The van der Waals surface area contributed by atoms with Gasteiger partial charge in [0.05, 0.1) is 7.11 Å². The molecule has 0 atom stereocenters. The number of nitrogens with zero attached hydrogens (tertiary/aromatic N) is 2. The Labute approximate surface area is 144 Å². The average Bonchev–Trinajstić information content (AvgIpc) is 2.63. The van der Waals surface area contributed by atoms with Crippen LogP contribution >= 0.6 is 0 Å². The molecule has 2 aromatic rings. The first-order chi connectivity index (χ1) is 11.7. The third-order valence-corrected chi connectivity index (χ3v) is 4.47. The number of rotatable bonds is 6. The summed E-state index contributed by atoms with van der Waals surface area (Å²) < 4.78 is 11.0. The highest BCUT2D eigenvalue weighted by atomic mass is 16.5. The van der Waals surface area contributed by atoms with E-state index in [9.17, 15) is 0 Å². The summed E-state index contributed by atoms with van der Waals surface area (Å²) in [6, 6.07) is 16.5. The van der Waals surface area contributed by atoms with E-state index in [-0.39, 0.29) is 0 Å². The highest BCUT2D eigenvalue weighted by molar-refractivity contribution is 5.48. The van der Waals surface area contributed by atoms with Gasteiger partial charge in [-0.2, -0.15) is 0 Å². The Balaban J connectivity index is 1.40. The Bertz CT molecular complexity index is 634. The van der Waals surface area contributed by atoms with Gasteiger partial charge in [-0.1, -0.05) is 12.1 Å². The van der Waals surface area contributed by atoms with E-state index < -0.39 is 0 Å². The predicted octanol–water partition coefficient (Wildman–Crippen LogP) is 3.20. The molecule has 0 N–H and O–H groups in total. The third kappa shape index (κ3) is 4.42. The number of benzene rings is 2. The molecule has 0 radical (unpaired) electrons. The first-order valence-electron chi connectivity index (χ1n) is 8.55. The molecule has 4 heteroatoms. The second kappa shape index (κ2) is 8.06. The molecule has 0 amide bonds. The van der Waals surface area contributed by atoms with E-state index in [1.807, 2.05) is 24.3 Å². The smallest absolute Gasteiger partial charge is 0.119 e. The zero-order chi connectivity index (χ0) is 16.8. The van der Waals surface area contributed by atoms with E-state index in [0.717, 1.165) is 50.8 Å². The Morgan fingerprint density at radius 1 is 0.917 bits per heavy atom. The van der Waals surface area contributed by atoms with Crippen molar-refractivity contribution in [3.05, 3.63) is 54.1 Å². The van der Waals surface area contributed by atoms with Crippen LogP contribution in [-0.2, 0) is 0 Å². The zero-order valence-electron chi connectivity index (χ0n) is 14.6. The summed E-state index contributed by atoms with van der Waals surface area (Å²) in [5.41, 5.74) is 2.66. The minimum absolute atomic E-state index is 0.719. The molecule has 3 rings (SSSR count). The summed E-state index contributed by atoms with van der Waals surface area (Å²) >= 11 is 0. The van der Waals surface area contributed by atoms with E-state index in [1.54, 1.807) is 7.11 Å². The molecule has 0 unspecified atom stereocenters. The van der Waals surface area contributed by atoms with E-state index in [0.29, 0.717) is 0 Å². The van der Waals surface area contributed by atoms with Gasteiger partial charge in [-0.05, 0) is 48.9 Å². The van der Waals surface area contributed by atoms with Crippen LogP contribution in [0.2, 0.25) is 0 Å². The van der Waals surface area contributed by atoms with Crippen LogP contribution in [0, 0.1) is 6.92 Å². The molecule has 1 heterocycles. The van der Waals surface area contributed by atoms with E-state index in [2.05, 4.69) is 41.0 Å². The predicted molar refractivity (Wildman–Crippen MR) is 98.3 cm³/mol. The summed E-state index contributed by atoms with van der Waals surface area (Å²) in [4.78, 5) is 4.93. The van der Waals surface area contributed by atoms with Gasteiger partial charge in [0.1, 0.15) is 18.1 Å². The van der Waals surface area contributed by atoms with Crippen molar-refractivity contribution in [3.63, 3.8) is 0 Å². The van der Waals surface area contributed by atoms with Crippen LogP contribution in [0.4, 0.5) is 5.69 Å². The Morgan fingerprint density at radius 3 is 2.29 bits per heavy atom. The third-order valence-electron chi connectivity index (χ3n) is 4.47. The molecule has 0 spiro atoms. The van der Waals surface area contributed by atoms with Gasteiger partial charge in [-0.15, -0.1) is 0 Å². The highest BCUT2D eigenvalue weighted by Gasteiger charge is 2.17. The first-order valence-corrected chi connectivity index (χ1v) is 8.55. The van der Waals surface area contributed by atoms with E-state index >= 15 is 0 Å². The van der Waals surface area contributed by atoms with Gasteiger partial charge < -0.3 is 14.4 Å². The maximum atomic E-state index is 5.82. The van der Waals surface area contributed by atoms with Gasteiger partial charge in [0.15, 0.2) is 0 Å². The summed E-state index contributed by atoms with van der Waals surface area (Å²) in [6.07, 6.45) is 0. The van der Waals surface area contributed by atoms with Crippen LogP contribution in [0.5, 0.6) is 11.5 Å². The molecule has 24 heavy (non-hydrogen) atoms. The normalized spacial score (nSPS) is 15.3. The van der Waals surface area contributed by atoms with Gasteiger partial charge in [0.25, 0.3) is 0 Å². The number of ether oxygens (including phenoxy) is 2. The molecule has 1 aliphatic rings. The minimum Gasteiger partial charge on any atom is -0.497 e. The summed E-state index contributed by atoms with van der Waals surface area (Å²) in [5.74, 6) is 1.75. The van der Waals surface area contributed by atoms with Crippen molar-refractivity contribution in [2.45, 2.75) is 6.92 Å². The minimum atomic E-state index is 0.719. The molecule has 1 fully saturated rings. The van der Waals surface area contributed by atoms with Gasteiger partial charge >= 0.3 is 0 Å². The van der Waals surface area contributed by atoms with Crippen LogP contribution in [0.1, 0.15) is 5.56 Å². The van der Waals surface area contributed by atoms with Gasteiger partial charge in [-0.25, -0.2) is 0 Å². The molecular weight excluding hydrogens is 300 g/mol. The maximum absolute atomic E-state index is 5.82. The Morgan fingerprint density at radius 2 is 1.62 bits per heavy atom. The van der Waals surface area contributed by atoms with Gasteiger partial charge in [-0.3, -0.25) is 4.90 Å².